The number of hydrogen-bond donors (Lipinski definition) is 2. The summed E-state index contributed by atoms with van der Waals surface area (Å²) in [5.74, 6) is 0. The van der Waals surface area contributed by atoms with E-state index in [1.165, 1.54) is 4.31 Å². The van der Waals surface area contributed by atoms with Gasteiger partial charge in [0.2, 0.25) is 10.0 Å². The lowest BCUT2D eigenvalue weighted by atomic mass is 10.3. The molecule has 1 aliphatic heterocycles. The number of aliphatic hydroxyl groups excluding tert-OH is 1. The summed E-state index contributed by atoms with van der Waals surface area (Å²) in [6.45, 7) is 3.88. The van der Waals surface area contributed by atoms with Crippen LogP contribution in [0.25, 0.3) is 0 Å². The van der Waals surface area contributed by atoms with Crippen LogP contribution in [0.15, 0.2) is 4.90 Å². The van der Waals surface area contributed by atoms with Gasteiger partial charge in [-0.25, -0.2) is 8.42 Å². The second-order valence-corrected chi connectivity index (χ2v) is 5.94. The molecule has 7 heteroatoms. The maximum Gasteiger partial charge on any atom is 0.246 e. The molecule has 1 fully saturated rings. The fraction of sp³-hybridized carbons (Fsp3) is 0.667. The third-order valence-corrected chi connectivity index (χ3v) is 4.91. The summed E-state index contributed by atoms with van der Waals surface area (Å²) in [7, 11) is -3.51. The first kappa shape index (κ1) is 11.6. The highest BCUT2D eigenvalue weighted by Gasteiger charge is 2.34. The molecule has 1 aliphatic rings. The maximum atomic E-state index is 12.2. The lowest BCUT2D eigenvalue weighted by molar-refractivity contribution is 0.189. The van der Waals surface area contributed by atoms with Crippen LogP contribution < -0.4 is 0 Å². The van der Waals surface area contributed by atoms with Crippen LogP contribution in [0.4, 0.5) is 0 Å². The van der Waals surface area contributed by atoms with Gasteiger partial charge in [-0.2, -0.15) is 9.40 Å². The molecule has 2 rings (SSSR count). The quantitative estimate of drug-likeness (QED) is 0.754. The van der Waals surface area contributed by atoms with Crippen molar-refractivity contribution < 1.29 is 13.5 Å². The molecular formula is C9H15N3O3S. The number of hydrogen-bond acceptors (Lipinski definition) is 4. The van der Waals surface area contributed by atoms with E-state index in [1.807, 2.05) is 0 Å². The second-order valence-electron chi connectivity index (χ2n) is 4.07. The van der Waals surface area contributed by atoms with Crippen molar-refractivity contribution in [1.29, 1.82) is 0 Å². The zero-order valence-electron chi connectivity index (χ0n) is 9.27. The average Bonchev–Trinajstić information content (AvgIpc) is 2.74. The number of aryl methyl sites for hydroxylation is 2. The highest BCUT2D eigenvalue weighted by atomic mass is 32.2. The van der Waals surface area contributed by atoms with E-state index in [0.717, 1.165) is 0 Å². The van der Waals surface area contributed by atoms with Gasteiger partial charge in [0.05, 0.1) is 17.5 Å². The first-order valence-corrected chi connectivity index (χ1v) is 6.56. The molecule has 2 heterocycles. The molecule has 1 aromatic rings. The van der Waals surface area contributed by atoms with Crippen LogP contribution in [0.2, 0.25) is 0 Å². The molecular weight excluding hydrogens is 230 g/mol. The largest absolute Gasteiger partial charge is 0.392 e. The van der Waals surface area contributed by atoms with E-state index in [9.17, 15) is 13.5 Å². The van der Waals surface area contributed by atoms with E-state index in [0.29, 0.717) is 24.4 Å². The lowest BCUT2D eigenvalue weighted by Crippen LogP contribution is -2.30. The monoisotopic (exact) mass is 245 g/mol. The van der Waals surface area contributed by atoms with Gasteiger partial charge in [0.15, 0.2) is 0 Å². The Morgan fingerprint density at radius 1 is 1.50 bits per heavy atom. The molecule has 1 aromatic heterocycles. The predicted octanol–water partition coefficient (Wildman–Crippen LogP) is -0.218. The van der Waals surface area contributed by atoms with Crippen LogP contribution in [0, 0.1) is 13.8 Å². The second kappa shape index (κ2) is 3.83. The lowest BCUT2D eigenvalue weighted by Gasteiger charge is -2.15. The standard InChI is InChI=1S/C9H15N3O3S/c1-6-9(7(2)11-10-6)16(14,15)12-4-3-8(13)5-12/h8,13H,3-5H2,1-2H3,(H,10,11)/t8-/m0/s1. The Morgan fingerprint density at radius 2 is 2.19 bits per heavy atom. The molecule has 1 atom stereocenters. The predicted molar refractivity (Wildman–Crippen MR) is 57.4 cm³/mol. The van der Waals surface area contributed by atoms with Crippen LogP contribution in [-0.4, -0.2) is 47.2 Å². The number of aliphatic hydroxyl groups is 1. The average molecular weight is 245 g/mol. The van der Waals surface area contributed by atoms with Crippen LogP contribution >= 0.6 is 0 Å². The van der Waals surface area contributed by atoms with Crippen molar-refractivity contribution in [2.45, 2.75) is 31.3 Å². The summed E-state index contributed by atoms with van der Waals surface area (Å²) < 4.78 is 25.8. The molecule has 0 aromatic carbocycles. The SMILES string of the molecule is Cc1n[nH]c(C)c1S(=O)(=O)N1CC[C@H](O)C1. The molecule has 1 saturated heterocycles. The van der Waals surface area contributed by atoms with Crippen molar-refractivity contribution in [3.63, 3.8) is 0 Å². The van der Waals surface area contributed by atoms with Gasteiger partial charge in [-0.15, -0.1) is 0 Å². The van der Waals surface area contributed by atoms with Crippen molar-refractivity contribution >= 4 is 10.0 Å². The van der Waals surface area contributed by atoms with Crippen molar-refractivity contribution in [3.05, 3.63) is 11.4 Å². The van der Waals surface area contributed by atoms with Crippen LogP contribution in [0.1, 0.15) is 17.8 Å². The van der Waals surface area contributed by atoms with E-state index >= 15 is 0 Å². The third kappa shape index (κ3) is 1.74. The molecule has 2 N–H and O–H groups in total. The van der Waals surface area contributed by atoms with Crippen LogP contribution in [0.5, 0.6) is 0 Å². The van der Waals surface area contributed by atoms with Crippen molar-refractivity contribution in [2.24, 2.45) is 0 Å². The fourth-order valence-corrected chi connectivity index (χ4v) is 3.80. The van der Waals surface area contributed by atoms with Crippen LogP contribution in [0.3, 0.4) is 0 Å². The number of aromatic amines is 1. The number of nitrogens with zero attached hydrogens (tertiary/aromatic N) is 2. The summed E-state index contributed by atoms with van der Waals surface area (Å²) in [6, 6.07) is 0. The Kier molecular flexibility index (Phi) is 2.77. The summed E-state index contributed by atoms with van der Waals surface area (Å²) in [5.41, 5.74) is 1.01. The number of β-amino-alcohol motifs (C(OH)–C–C–N with tert-alkyl or cyclic N) is 1. The number of H-pyrrole nitrogens is 1. The normalized spacial score (nSPS) is 22.8. The molecule has 0 bridgehead atoms. The first-order chi connectivity index (χ1) is 7.43. The van der Waals surface area contributed by atoms with E-state index in [1.54, 1.807) is 13.8 Å². The van der Waals surface area contributed by atoms with E-state index in [4.69, 9.17) is 0 Å². The van der Waals surface area contributed by atoms with Crippen molar-refractivity contribution in [1.82, 2.24) is 14.5 Å². The van der Waals surface area contributed by atoms with Gasteiger partial charge in [0.1, 0.15) is 4.90 Å². The molecule has 0 aliphatic carbocycles. The molecule has 0 spiro atoms. The Balaban J connectivity index is 2.40. The molecule has 0 unspecified atom stereocenters. The molecule has 0 amide bonds. The molecule has 90 valence electrons. The van der Waals surface area contributed by atoms with Crippen molar-refractivity contribution in [3.8, 4) is 0 Å². The zero-order chi connectivity index (χ0) is 11.9. The van der Waals surface area contributed by atoms with Gasteiger partial charge in [-0.05, 0) is 20.3 Å². The van der Waals surface area contributed by atoms with Gasteiger partial charge in [-0.1, -0.05) is 0 Å². The zero-order valence-corrected chi connectivity index (χ0v) is 10.1. The molecule has 6 nitrogen and oxygen atoms in total. The Labute approximate surface area is 94.3 Å². The first-order valence-electron chi connectivity index (χ1n) is 5.12. The smallest absolute Gasteiger partial charge is 0.246 e. The minimum absolute atomic E-state index is 0.173. The summed E-state index contributed by atoms with van der Waals surface area (Å²) in [5, 5.41) is 15.9. The summed E-state index contributed by atoms with van der Waals surface area (Å²) in [4.78, 5) is 0.238. The van der Waals surface area contributed by atoms with Crippen LogP contribution in [-0.2, 0) is 10.0 Å². The number of nitrogens with one attached hydrogen (secondary N) is 1. The fourth-order valence-electron chi connectivity index (χ4n) is 1.98. The minimum Gasteiger partial charge on any atom is -0.392 e. The highest BCUT2D eigenvalue weighted by molar-refractivity contribution is 7.89. The topological polar surface area (TPSA) is 86.3 Å². The summed E-state index contributed by atoms with van der Waals surface area (Å²) >= 11 is 0. The van der Waals surface area contributed by atoms with Gasteiger partial charge in [-0.3, -0.25) is 5.10 Å². The number of rotatable bonds is 2. The van der Waals surface area contributed by atoms with E-state index < -0.39 is 16.1 Å². The van der Waals surface area contributed by atoms with E-state index in [2.05, 4.69) is 10.2 Å². The van der Waals surface area contributed by atoms with Crippen molar-refractivity contribution in [2.75, 3.05) is 13.1 Å². The Hall–Kier alpha value is -0.920. The molecule has 0 radical (unpaired) electrons. The highest BCUT2D eigenvalue weighted by Crippen LogP contribution is 2.24. The minimum atomic E-state index is -3.51. The Bertz CT molecular complexity index is 475. The van der Waals surface area contributed by atoms with Gasteiger partial charge >= 0.3 is 0 Å². The number of sulfonamides is 1. The maximum absolute atomic E-state index is 12.2. The van der Waals surface area contributed by atoms with Gasteiger partial charge < -0.3 is 5.11 Å². The molecule has 16 heavy (non-hydrogen) atoms. The van der Waals surface area contributed by atoms with E-state index in [-0.39, 0.29) is 11.4 Å². The Morgan fingerprint density at radius 3 is 2.62 bits per heavy atom. The van der Waals surface area contributed by atoms with Gasteiger partial charge in [0.25, 0.3) is 0 Å². The number of aromatic nitrogens is 2. The molecule has 0 saturated carbocycles. The van der Waals surface area contributed by atoms with Gasteiger partial charge in [0, 0.05) is 13.1 Å². The summed E-state index contributed by atoms with van der Waals surface area (Å²) in [6.07, 6.45) is -0.0582. The third-order valence-electron chi connectivity index (χ3n) is 2.78.